The van der Waals surface area contributed by atoms with E-state index in [1.165, 1.54) is 12.1 Å². The van der Waals surface area contributed by atoms with E-state index in [1.54, 1.807) is 12.1 Å². The molecule has 0 radical (unpaired) electrons. The summed E-state index contributed by atoms with van der Waals surface area (Å²) in [6.07, 6.45) is 0. The van der Waals surface area contributed by atoms with E-state index in [0.717, 1.165) is 0 Å². The van der Waals surface area contributed by atoms with Crippen LogP contribution in [0.25, 0.3) is 0 Å². The summed E-state index contributed by atoms with van der Waals surface area (Å²) in [6.45, 7) is 0. The molecule has 1 heteroatoms. The van der Waals surface area contributed by atoms with Crippen LogP contribution in [0, 0.1) is 0 Å². The van der Waals surface area contributed by atoms with Gasteiger partial charge in [0, 0.05) is 0 Å². The highest BCUT2D eigenvalue weighted by Gasteiger charge is 1.74. The van der Waals surface area contributed by atoms with Gasteiger partial charge in [0.15, 0.2) is 0 Å². The predicted octanol–water partition coefficient (Wildman–Crippen LogP) is 1.39. The smallest absolute Gasteiger partial charge is 0.115 e. The average Bonchev–Trinajstić information content (AvgIpc) is 1.77. The third-order valence-electron chi connectivity index (χ3n) is 0.693. The van der Waals surface area contributed by atoms with Crippen molar-refractivity contribution in [2.45, 2.75) is 0 Å². The summed E-state index contributed by atoms with van der Waals surface area (Å²) < 4.78 is 6.97. The first kappa shape index (κ1) is 3.08. The third kappa shape index (κ3) is 0.929. The summed E-state index contributed by atoms with van der Waals surface area (Å²) in [7, 11) is 0. The van der Waals surface area contributed by atoms with E-state index >= 15 is 0 Å². The molecule has 0 aromatic heterocycles. The number of benzene rings is 1. The molecule has 0 heterocycles. The van der Waals surface area contributed by atoms with Gasteiger partial charge in [0.25, 0.3) is 0 Å². The zero-order chi connectivity index (χ0) is 5.98. The van der Waals surface area contributed by atoms with Crippen molar-refractivity contribution in [2.75, 3.05) is 0 Å². The Morgan fingerprint density at radius 2 is 2.29 bits per heavy atom. The summed E-state index contributed by atoms with van der Waals surface area (Å²) in [4.78, 5) is 0. The molecule has 1 N–H and O–H groups in total. The SMILES string of the molecule is [2H]c1ccccc1O. The van der Waals surface area contributed by atoms with Crippen molar-refractivity contribution >= 4 is 0 Å². The van der Waals surface area contributed by atoms with E-state index in [1.807, 2.05) is 0 Å². The first-order chi connectivity index (χ1) is 3.80. The number of phenols is 1. The van der Waals surface area contributed by atoms with Crippen LogP contribution in [0.3, 0.4) is 0 Å². The van der Waals surface area contributed by atoms with Crippen LogP contribution in [0.15, 0.2) is 30.3 Å². The Morgan fingerprint density at radius 3 is 2.71 bits per heavy atom. The molecular weight excluding hydrogens is 88.1 g/mol. The lowest BCUT2D eigenvalue weighted by atomic mass is 10.3. The second-order valence-corrected chi connectivity index (χ2v) is 1.25. The maximum Gasteiger partial charge on any atom is 0.115 e. The van der Waals surface area contributed by atoms with Crippen molar-refractivity contribution in [1.29, 1.82) is 0 Å². The van der Waals surface area contributed by atoms with Crippen LogP contribution < -0.4 is 0 Å². The van der Waals surface area contributed by atoms with Gasteiger partial charge >= 0.3 is 0 Å². The standard InChI is InChI=1S/C6H6O/c7-6-4-2-1-3-5-6/h1-5,7H/i4D. The van der Waals surface area contributed by atoms with Crippen molar-refractivity contribution in [1.82, 2.24) is 0 Å². The lowest BCUT2D eigenvalue weighted by Gasteiger charge is -1.82. The number of rotatable bonds is 0. The molecule has 0 unspecified atom stereocenters. The highest BCUT2D eigenvalue weighted by atomic mass is 16.3. The molecule has 0 saturated carbocycles. The predicted molar refractivity (Wildman–Crippen MR) is 28.1 cm³/mol. The molecule has 0 bridgehead atoms. The van der Waals surface area contributed by atoms with Gasteiger partial charge in [-0.25, -0.2) is 0 Å². The van der Waals surface area contributed by atoms with Gasteiger partial charge in [-0.2, -0.15) is 0 Å². The minimum absolute atomic E-state index is 0.0347. The molecule has 0 aliphatic heterocycles. The minimum Gasteiger partial charge on any atom is -0.508 e. The van der Waals surface area contributed by atoms with Gasteiger partial charge in [-0.3, -0.25) is 0 Å². The van der Waals surface area contributed by atoms with E-state index in [0.29, 0.717) is 0 Å². The minimum atomic E-state index is 0.0347. The first-order valence-electron chi connectivity index (χ1n) is 2.55. The van der Waals surface area contributed by atoms with Gasteiger partial charge in [0.2, 0.25) is 0 Å². The van der Waals surface area contributed by atoms with Crippen LogP contribution in [-0.2, 0) is 0 Å². The highest BCUT2D eigenvalue weighted by Crippen LogP contribution is 2.02. The number of phenolic OH excluding ortho intramolecular Hbond substituents is 1. The number of aromatic hydroxyl groups is 1. The largest absolute Gasteiger partial charge is 0.508 e. The fourth-order valence-electron chi connectivity index (χ4n) is 0.384. The Bertz CT molecular complexity index is 165. The maximum atomic E-state index is 8.73. The van der Waals surface area contributed by atoms with Crippen LogP contribution in [-0.4, -0.2) is 5.11 Å². The fourth-order valence-corrected chi connectivity index (χ4v) is 0.384. The second-order valence-electron chi connectivity index (χ2n) is 1.25. The van der Waals surface area contributed by atoms with Crippen LogP contribution in [0.5, 0.6) is 5.75 Å². The van der Waals surface area contributed by atoms with Crippen molar-refractivity contribution in [3.05, 3.63) is 30.3 Å². The molecule has 0 spiro atoms. The Labute approximate surface area is 43.6 Å². The summed E-state index contributed by atoms with van der Waals surface area (Å²) in [6, 6.07) is 6.60. The maximum absolute atomic E-state index is 8.73. The molecular formula is C6H6O. The molecule has 1 nitrogen and oxygen atoms in total. The zero-order valence-electron chi connectivity index (χ0n) is 4.76. The van der Waals surface area contributed by atoms with Crippen molar-refractivity contribution in [2.24, 2.45) is 0 Å². The van der Waals surface area contributed by atoms with Crippen LogP contribution in [0.2, 0.25) is 0 Å². The van der Waals surface area contributed by atoms with E-state index in [-0.39, 0.29) is 11.8 Å². The Morgan fingerprint density at radius 1 is 1.43 bits per heavy atom. The van der Waals surface area contributed by atoms with Crippen molar-refractivity contribution in [3.63, 3.8) is 0 Å². The van der Waals surface area contributed by atoms with E-state index < -0.39 is 0 Å². The molecule has 7 heavy (non-hydrogen) atoms. The van der Waals surface area contributed by atoms with Crippen LogP contribution >= 0.6 is 0 Å². The highest BCUT2D eigenvalue weighted by molar-refractivity contribution is 5.18. The lowest BCUT2D eigenvalue weighted by molar-refractivity contribution is 0.475. The topological polar surface area (TPSA) is 20.2 Å². The molecule has 0 fully saturated rings. The average molecular weight is 95.1 g/mol. The first-order valence-corrected chi connectivity index (χ1v) is 2.05. The van der Waals surface area contributed by atoms with Crippen molar-refractivity contribution in [3.8, 4) is 5.75 Å². The van der Waals surface area contributed by atoms with Gasteiger partial charge < -0.3 is 5.11 Å². The molecule has 1 rings (SSSR count). The van der Waals surface area contributed by atoms with E-state index in [4.69, 9.17) is 6.48 Å². The Hall–Kier alpha value is -0.980. The van der Waals surface area contributed by atoms with Gasteiger partial charge in [-0.05, 0) is 12.1 Å². The van der Waals surface area contributed by atoms with Crippen molar-refractivity contribution < 1.29 is 6.48 Å². The number of hydrogen-bond acceptors (Lipinski definition) is 1. The van der Waals surface area contributed by atoms with E-state index in [2.05, 4.69) is 0 Å². The molecule has 1 aromatic carbocycles. The summed E-state index contributed by atoms with van der Waals surface area (Å²) in [5.41, 5.74) is 0. The second kappa shape index (κ2) is 1.65. The van der Waals surface area contributed by atoms with Crippen LogP contribution in [0.4, 0.5) is 0 Å². The summed E-state index contributed by atoms with van der Waals surface area (Å²) in [5.74, 6) is 0.0347. The van der Waals surface area contributed by atoms with Gasteiger partial charge in [0.1, 0.15) is 5.75 Å². The van der Waals surface area contributed by atoms with E-state index in [9.17, 15) is 0 Å². The lowest BCUT2D eigenvalue weighted by Crippen LogP contribution is -1.56. The summed E-state index contributed by atoms with van der Waals surface area (Å²) in [5, 5.41) is 8.73. The molecule has 0 amide bonds. The molecule has 36 valence electrons. The monoisotopic (exact) mass is 95.0 g/mol. The molecule has 0 aliphatic carbocycles. The van der Waals surface area contributed by atoms with Gasteiger partial charge in [0.05, 0.1) is 1.37 Å². The van der Waals surface area contributed by atoms with Gasteiger partial charge in [-0.1, -0.05) is 18.2 Å². The third-order valence-corrected chi connectivity index (χ3v) is 0.693. The zero-order valence-corrected chi connectivity index (χ0v) is 3.76. The molecule has 0 saturated heterocycles. The molecule has 1 aromatic rings. The molecule has 0 aliphatic rings. The number of para-hydroxylation sites is 1. The summed E-state index contributed by atoms with van der Waals surface area (Å²) >= 11 is 0. The normalized spacial score (nSPS) is 10.6. The molecule has 0 atom stereocenters. The number of hydrogen-bond donors (Lipinski definition) is 1. The quantitative estimate of drug-likeness (QED) is 0.516. The Kier molecular flexibility index (Phi) is 0.724. The van der Waals surface area contributed by atoms with Gasteiger partial charge in [-0.15, -0.1) is 0 Å². The fraction of sp³-hybridized carbons (Fsp3) is 0. The Balaban J connectivity index is 3.13. The van der Waals surface area contributed by atoms with Crippen LogP contribution in [0.1, 0.15) is 1.37 Å².